The highest BCUT2D eigenvalue weighted by Crippen LogP contribution is 2.21. The average Bonchev–Trinajstić information content (AvgIpc) is 2.66. The van der Waals surface area contributed by atoms with Gasteiger partial charge in [-0.15, -0.1) is 0 Å². The van der Waals surface area contributed by atoms with E-state index in [4.69, 9.17) is 0 Å². The van der Waals surface area contributed by atoms with Crippen LogP contribution in [0, 0.1) is 0 Å². The molecule has 0 atom stereocenters. The Bertz CT molecular complexity index is 960. The number of halogens is 2. The van der Waals surface area contributed by atoms with Crippen LogP contribution < -0.4 is 5.32 Å². The molecule has 0 saturated carbocycles. The lowest BCUT2D eigenvalue weighted by molar-refractivity contribution is -0.129. The number of rotatable bonds is 7. The Morgan fingerprint density at radius 1 is 1.07 bits per heavy atom. The summed E-state index contributed by atoms with van der Waals surface area (Å²) in [5, 5.41) is 2.70. The zero-order valence-corrected chi connectivity index (χ0v) is 16.2. The summed E-state index contributed by atoms with van der Waals surface area (Å²) in [6.07, 6.45) is 0. The van der Waals surface area contributed by atoms with Crippen molar-refractivity contribution in [2.24, 2.45) is 0 Å². The van der Waals surface area contributed by atoms with Crippen LogP contribution in [-0.4, -0.2) is 37.4 Å². The van der Waals surface area contributed by atoms with Crippen LogP contribution in [0.5, 0.6) is 0 Å². The molecule has 6 nitrogen and oxygen atoms in total. The molecule has 0 aliphatic rings. The van der Waals surface area contributed by atoms with E-state index < -0.39 is 26.4 Å². The maximum atomic E-state index is 12.6. The number of carbonyl (C=O) groups is 2. The molecular formula is C19H20F2N2O4S. The zero-order valence-electron chi connectivity index (χ0n) is 15.4. The Labute approximate surface area is 162 Å². The maximum absolute atomic E-state index is 12.6. The molecule has 2 amide bonds. The van der Waals surface area contributed by atoms with Crippen molar-refractivity contribution in [1.82, 2.24) is 4.90 Å². The first kappa shape index (κ1) is 21.5. The summed E-state index contributed by atoms with van der Waals surface area (Å²) in [7, 11) is -4.71. The third-order valence-electron chi connectivity index (χ3n) is 4.13. The van der Waals surface area contributed by atoms with Gasteiger partial charge in [0.15, 0.2) is 0 Å². The van der Waals surface area contributed by atoms with E-state index in [1.807, 2.05) is 6.92 Å². The van der Waals surface area contributed by atoms with Gasteiger partial charge in [-0.25, -0.2) is 8.42 Å². The van der Waals surface area contributed by atoms with Gasteiger partial charge >= 0.3 is 5.76 Å². The van der Waals surface area contributed by atoms with E-state index >= 15 is 0 Å². The molecule has 0 bridgehead atoms. The molecule has 0 unspecified atom stereocenters. The van der Waals surface area contributed by atoms with Crippen LogP contribution in [0.25, 0.3) is 0 Å². The molecule has 2 aromatic carbocycles. The quantitative estimate of drug-likeness (QED) is 0.759. The highest BCUT2D eigenvalue weighted by molar-refractivity contribution is 7.91. The topological polar surface area (TPSA) is 83.6 Å². The molecular weight excluding hydrogens is 390 g/mol. The molecule has 2 aromatic rings. The Kier molecular flexibility index (Phi) is 6.85. The third-order valence-corrected chi connectivity index (χ3v) is 5.53. The average molecular weight is 410 g/mol. The first-order valence-electron chi connectivity index (χ1n) is 8.43. The lowest BCUT2D eigenvalue weighted by Gasteiger charge is -2.21. The van der Waals surface area contributed by atoms with E-state index in [0.29, 0.717) is 18.8 Å². The summed E-state index contributed by atoms with van der Waals surface area (Å²) in [5.74, 6) is -4.15. The molecule has 0 fully saturated rings. The Morgan fingerprint density at radius 3 is 2.21 bits per heavy atom. The minimum absolute atomic E-state index is 0.0977. The van der Waals surface area contributed by atoms with Crippen molar-refractivity contribution in [3.8, 4) is 0 Å². The van der Waals surface area contributed by atoms with E-state index in [0.717, 1.165) is 17.7 Å². The van der Waals surface area contributed by atoms with Gasteiger partial charge in [0.1, 0.15) is 0 Å². The number of hydrogen-bond acceptors (Lipinski definition) is 4. The Balaban J connectivity index is 2.21. The molecule has 2 rings (SSSR count). The maximum Gasteiger partial charge on any atom is 0.341 e. The molecule has 0 heterocycles. The highest BCUT2D eigenvalue weighted by atomic mass is 32.2. The molecule has 0 aromatic heterocycles. The summed E-state index contributed by atoms with van der Waals surface area (Å²) in [4.78, 5) is 25.1. The van der Waals surface area contributed by atoms with Gasteiger partial charge in [-0.05, 0) is 42.8 Å². The molecule has 0 saturated heterocycles. The first-order chi connectivity index (χ1) is 13.2. The van der Waals surface area contributed by atoms with Crippen LogP contribution in [0.4, 0.5) is 14.5 Å². The van der Waals surface area contributed by atoms with Crippen LogP contribution in [0.2, 0.25) is 0 Å². The standard InChI is InChI=1S/C19H20F2N2O4S/c1-3-23(13(2)24)12-15-6-4-5-7-17(15)22-18(25)14-8-10-16(11-9-14)28(26,27)19(20)21/h4-11,19H,3,12H2,1-2H3,(H,22,25). The number of nitrogens with zero attached hydrogens (tertiary/aromatic N) is 1. The minimum Gasteiger partial charge on any atom is -0.339 e. The third kappa shape index (κ3) is 4.92. The summed E-state index contributed by atoms with van der Waals surface area (Å²) < 4.78 is 48.1. The smallest absolute Gasteiger partial charge is 0.339 e. The number of benzene rings is 2. The van der Waals surface area contributed by atoms with Crippen molar-refractivity contribution in [3.63, 3.8) is 0 Å². The molecule has 0 spiro atoms. The van der Waals surface area contributed by atoms with Gasteiger partial charge in [0.2, 0.25) is 15.7 Å². The number of anilines is 1. The number of sulfone groups is 1. The van der Waals surface area contributed by atoms with Crippen molar-refractivity contribution < 1.29 is 26.8 Å². The Hall–Kier alpha value is -2.81. The van der Waals surface area contributed by atoms with Gasteiger partial charge in [-0.2, -0.15) is 8.78 Å². The fraction of sp³-hybridized carbons (Fsp3) is 0.263. The second kappa shape index (κ2) is 8.92. The lowest BCUT2D eigenvalue weighted by atomic mass is 10.1. The molecule has 0 radical (unpaired) electrons. The van der Waals surface area contributed by atoms with Crippen LogP contribution >= 0.6 is 0 Å². The fourth-order valence-electron chi connectivity index (χ4n) is 2.52. The van der Waals surface area contributed by atoms with Crippen molar-refractivity contribution >= 4 is 27.3 Å². The van der Waals surface area contributed by atoms with E-state index in [1.54, 1.807) is 29.2 Å². The summed E-state index contributed by atoms with van der Waals surface area (Å²) in [5.41, 5.74) is 1.34. The molecule has 0 aliphatic heterocycles. The molecule has 28 heavy (non-hydrogen) atoms. The van der Waals surface area contributed by atoms with Crippen LogP contribution in [-0.2, 0) is 21.2 Å². The molecule has 150 valence electrons. The number of nitrogens with one attached hydrogen (secondary N) is 1. The van der Waals surface area contributed by atoms with Crippen LogP contribution in [0.3, 0.4) is 0 Å². The predicted octanol–water partition coefficient (Wildman–Crippen LogP) is 3.30. The summed E-state index contributed by atoms with van der Waals surface area (Å²) in [6.45, 7) is 4.13. The van der Waals surface area contributed by atoms with E-state index in [2.05, 4.69) is 5.32 Å². The van der Waals surface area contributed by atoms with Crippen LogP contribution in [0.1, 0.15) is 29.8 Å². The van der Waals surface area contributed by atoms with Gasteiger partial charge < -0.3 is 10.2 Å². The summed E-state index contributed by atoms with van der Waals surface area (Å²) in [6, 6.07) is 11.2. The monoisotopic (exact) mass is 410 g/mol. The SMILES string of the molecule is CCN(Cc1ccccc1NC(=O)c1ccc(S(=O)(=O)C(F)F)cc1)C(C)=O. The van der Waals surface area contributed by atoms with Gasteiger partial charge in [0.05, 0.1) is 4.90 Å². The number of alkyl halides is 2. The fourth-order valence-corrected chi connectivity index (χ4v) is 3.25. The van der Waals surface area contributed by atoms with Crippen molar-refractivity contribution in [2.75, 3.05) is 11.9 Å². The van der Waals surface area contributed by atoms with E-state index in [1.165, 1.54) is 19.1 Å². The van der Waals surface area contributed by atoms with Crippen molar-refractivity contribution in [1.29, 1.82) is 0 Å². The largest absolute Gasteiger partial charge is 0.341 e. The Morgan fingerprint density at radius 2 is 1.68 bits per heavy atom. The predicted molar refractivity (Wildman–Crippen MR) is 101 cm³/mol. The highest BCUT2D eigenvalue weighted by Gasteiger charge is 2.26. The minimum atomic E-state index is -4.71. The van der Waals surface area contributed by atoms with E-state index in [-0.39, 0.29) is 11.5 Å². The second-order valence-corrected chi connectivity index (χ2v) is 7.89. The summed E-state index contributed by atoms with van der Waals surface area (Å²) >= 11 is 0. The van der Waals surface area contributed by atoms with Gasteiger partial charge in [0.25, 0.3) is 5.91 Å². The normalized spacial score (nSPS) is 11.3. The zero-order chi connectivity index (χ0) is 20.9. The van der Waals surface area contributed by atoms with Crippen LogP contribution in [0.15, 0.2) is 53.4 Å². The number of carbonyl (C=O) groups excluding carboxylic acids is 2. The van der Waals surface area contributed by atoms with Gasteiger partial charge in [0, 0.05) is 31.3 Å². The molecule has 0 aliphatic carbocycles. The van der Waals surface area contributed by atoms with E-state index in [9.17, 15) is 26.8 Å². The second-order valence-electron chi connectivity index (χ2n) is 5.97. The lowest BCUT2D eigenvalue weighted by Crippen LogP contribution is -2.28. The van der Waals surface area contributed by atoms with Gasteiger partial charge in [-0.1, -0.05) is 18.2 Å². The van der Waals surface area contributed by atoms with Crippen molar-refractivity contribution in [2.45, 2.75) is 31.0 Å². The molecule has 9 heteroatoms. The number of amides is 2. The number of hydrogen-bond donors (Lipinski definition) is 1. The first-order valence-corrected chi connectivity index (χ1v) is 9.98. The van der Waals surface area contributed by atoms with Gasteiger partial charge in [-0.3, -0.25) is 9.59 Å². The molecule has 1 N–H and O–H groups in total. The number of para-hydroxylation sites is 1. The van der Waals surface area contributed by atoms with Crippen molar-refractivity contribution in [3.05, 3.63) is 59.7 Å².